The number of hydrogen-bond donors (Lipinski definition) is 1. The van der Waals surface area contributed by atoms with Gasteiger partial charge < -0.3 is 0 Å². The maximum absolute atomic E-state index is 11.9. The van der Waals surface area contributed by atoms with Gasteiger partial charge in [-0.15, -0.1) is 0 Å². The van der Waals surface area contributed by atoms with Crippen molar-refractivity contribution in [1.82, 2.24) is 0 Å². The smallest absolute Gasteiger partial charge is 0.281 e. The molecule has 0 aliphatic rings. The van der Waals surface area contributed by atoms with Crippen molar-refractivity contribution in [1.29, 1.82) is 0 Å². The van der Waals surface area contributed by atoms with Crippen LogP contribution < -0.4 is 5.06 Å². The average Bonchev–Trinajstić information content (AvgIpc) is 2.38. The summed E-state index contributed by atoms with van der Waals surface area (Å²) < 4.78 is 0. The van der Waals surface area contributed by atoms with E-state index in [0.29, 0.717) is 21.3 Å². The number of carbonyl (C=O) groups excluding carboxylic acids is 1. The first-order chi connectivity index (χ1) is 8.18. The van der Waals surface area contributed by atoms with Crippen molar-refractivity contribution in [3.05, 3.63) is 65.2 Å². The Kier molecular flexibility index (Phi) is 3.42. The molecule has 0 saturated heterocycles. The second kappa shape index (κ2) is 4.99. The van der Waals surface area contributed by atoms with Crippen molar-refractivity contribution in [2.24, 2.45) is 0 Å². The highest BCUT2D eigenvalue weighted by molar-refractivity contribution is 6.31. The molecule has 17 heavy (non-hydrogen) atoms. The van der Waals surface area contributed by atoms with Gasteiger partial charge in [0.25, 0.3) is 5.91 Å². The Hall–Kier alpha value is -1.84. The molecule has 0 bridgehead atoms. The van der Waals surface area contributed by atoms with Gasteiger partial charge in [-0.05, 0) is 30.3 Å². The van der Waals surface area contributed by atoms with Crippen molar-refractivity contribution in [2.75, 3.05) is 5.06 Å². The van der Waals surface area contributed by atoms with E-state index in [1.807, 2.05) is 0 Å². The third kappa shape index (κ3) is 2.64. The quantitative estimate of drug-likeness (QED) is 0.653. The molecule has 0 unspecified atom stereocenters. The molecule has 2 aromatic rings. The summed E-state index contributed by atoms with van der Waals surface area (Å²) in [5.74, 6) is -0.515. The van der Waals surface area contributed by atoms with E-state index in [4.69, 9.17) is 11.6 Å². The van der Waals surface area contributed by atoms with Gasteiger partial charge in [-0.2, -0.15) is 5.06 Å². The lowest BCUT2D eigenvalue weighted by atomic mass is 10.2. The molecule has 0 radical (unpaired) electrons. The zero-order valence-corrected chi connectivity index (χ0v) is 9.63. The molecule has 4 heteroatoms. The molecule has 3 nitrogen and oxygen atoms in total. The van der Waals surface area contributed by atoms with E-state index in [9.17, 15) is 10.0 Å². The number of rotatable bonds is 2. The third-order valence-electron chi connectivity index (χ3n) is 2.26. The number of carbonyl (C=O) groups is 1. The van der Waals surface area contributed by atoms with Gasteiger partial charge in [0.05, 0.1) is 5.69 Å². The number of amides is 1. The number of para-hydroxylation sites is 1. The highest BCUT2D eigenvalue weighted by atomic mass is 35.5. The predicted octanol–water partition coefficient (Wildman–Crippen LogP) is 3.38. The monoisotopic (exact) mass is 247 g/mol. The molecule has 2 rings (SSSR count). The molecule has 86 valence electrons. The molecular formula is C13H10ClNO2. The Bertz CT molecular complexity index is 528. The van der Waals surface area contributed by atoms with Crippen LogP contribution in [0, 0.1) is 0 Å². The van der Waals surface area contributed by atoms with E-state index < -0.39 is 5.91 Å². The Morgan fingerprint density at radius 3 is 2.41 bits per heavy atom. The normalized spacial score (nSPS) is 10.0. The standard InChI is InChI=1S/C13H10ClNO2/c14-11-6-4-5-10(9-11)13(16)15(17)12-7-2-1-3-8-12/h1-9,17H. The summed E-state index contributed by atoms with van der Waals surface area (Å²) in [7, 11) is 0. The van der Waals surface area contributed by atoms with Gasteiger partial charge in [0.15, 0.2) is 0 Å². The molecule has 0 aromatic heterocycles. The van der Waals surface area contributed by atoms with E-state index in [-0.39, 0.29) is 0 Å². The predicted molar refractivity (Wildman–Crippen MR) is 66.5 cm³/mol. The van der Waals surface area contributed by atoms with Crippen molar-refractivity contribution in [3.63, 3.8) is 0 Å². The molecule has 0 aliphatic heterocycles. The molecule has 2 aromatic carbocycles. The van der Waals surface area contributed by atoms with Crippen molar-refractivity contribution in [3.8, 4) is 0 Å². The summed E-state index contributed by atoms with van der Waals surface area (Å²) in [4.78, 5) is 11.9. The zero-order chi connectivity index (χ0) is 12.3. The van der Waals surface area contributed by atoms with E-state index in [1.165, 1.54) is 6.07 Å². The maximum atomic E-state index is 11.9. The molecule has 0 heterocycles. The van der Waals surface area contributed by atoms with Crippen molar-refractivity contribution < 1.29 is 10.0 Å². The summed E-state index contributed by atoms with van der Waals surface area (Å²) in [5.41, 5.74) is 0.751. The van der Waals surface area contributed by atoms with E-state index in [1.54, 1.807) is 48.5 Å². The van der Waals surface area contributed by atoms with E-state index in [2.05, 4.69) is 0 Å². The summed E-state index contributed by atoms with van der Waals surface area (Å²) >= 11 is 5.79. The number of hydroxylamine groups is 1. The average molecular weight is 248 g/mol. The van der Waals surface area contributed by atoms with Gasteiger partial charge >= 0.3 is 0 Å². The number of anilines is 1. The van der Waals surface area contributed by atoms with Crippen LogP contribution in [0.25, 0.3) is 0 Å². The van der Waals surface area contributed by atoms with Crippen LogP contribution in [0.4, 0.5) is 5.69 Å². The van der Waals surface area contributed by atoms with E-state index in [0.717, 1.165) is 0 Å². The SMILES string of the molecule is O=C(c1cccc(Cl)c1)N(O)c1ccccc1. The minimum atomic E-state index is -0.515. The Morgan fingerprint density at radius 2 is 1.76 bits per heavy atom. The summed E-state index contributed by atoms with van der Waals surface area (Å²) in [6, 6.07) is 15.0. The molecule has 0 atom stereocenters. The van der Waals surface area contributed by atoms with Gasteiger partial charge in [0.1, 0.15) is 0 Å². The maximum Gasteiger partial charge on any atom is 0.282 e. The van der Waals surface area contributed by atoms with E-state index >= 15 is 0 Å². The molecule has 1 amide bonds. The van der Waals surface area contributed by atoms with Gasteiger partial charge in [0, 0.05) is 10.6 Å². The lowest BCUT2D eigenvalue weighted by molar-refractivity contribution is 0.0855. The number of nitrogens with zero attached hydrogens (tertiary/aromatic N) is 1. The number of hydrogen-bond acceptors (Lipinski definition) is 2. The Balaban J connectivity index is 2.27. The largest absolute Gasteiger partial charge is 0.282 e. The molecule has 0 saturated carbocycles. The molecule has 0 fully saturated rings. The van der Waals surface area contributed by atoms with Crippen LogP contribution in [-0.2, 0) is 0 Å². The Labute approximate surface area is 104 Å². The van der Waals surface area contributed by atoms with Gasteiger partial charge in [0.2, 0.25) is 0 Å². The second-order valence-corrected chi connectivity index (χ2v) is 3.90. The van der Waals surface area contributed by atoms with Gasteiger partial charge in [-0.1, -0.05) is 35.9 Å². The number of halogens is 1. The van der Waals surface area contributed by atoms with Crippen LogP contribution in [0.15, 0.2) is 54.6 Å². The molecule has 0 aliphatic carbocycles. The van der Waals surface area contributed by atoms with Crippen LogP contribution in [0.1, 0.15) is 10.4 Å². The lowest BCUT2D eigenvalue weighted by Gasteiger charge is -2.14. The van der Waals surface area contributed by atoms with Crippen LogP contribution in [-0.4, -0.2) is 11.1 Å². The van der Waals surface area contributed by atoms with Crippen molar-refractivity contribution >= 4 is 23.2 Å². The fraction of sp³-hybridized carbons (Fsp3) is 0. The van der Waals surface area contributed by atoms with Gasteiger partial charge in [-0.25, -0.2) is 0 Å². The Morgan fingerprint density at radius 1 is 1.06 bits per heavy atom. The molecular weight excluding hydrogens is 238 g/mol. The summed E-state index contributed by atoms with van der Waals surface area (Å²) in [6.45, 7) is 0. The summed E-state index contributed by atoms with van der Waals surface area (Å²) in [5, 5.41) is 10.8. The molecule has 1 N–H and O–H groups in total. The lowest BCUT2D eigenvalue weighted by Crippen LogP contribution is -2.26. The first-order valence-electron chi connectivity index (χ1n) is 5.02. The van der Waals surface area contributed by atoms with Crippen LogP contribution in [0.5, 0.6) is 0 Å². The third-order valence-corrected chi connectivity index (χ3v) is 2.50. The topological polar surface area (TPSA) is 40.5 Å². The van der Waals surface area contributed by atoms with Gasteiger partial charge in [-0.3, -0.25) is 10.0 Å². The fourth-order valence-electron chi connectivity index (χ4n) is 1.43. The minimum absolute atomic E-state index is 0.337. The first kappa shape index (κ1) is 11.6. The minimum Gasteiger partial charge on any atom is -0.281 e. The summed E-state index contributed by atoms with van der Waals surface area (Å²) in [6.07, 6.45) is 0. The first-order valence-corrected chi connectivity index (χ1v) is 5.40. The zero-order valence-electron chi connectivity index (χ0n) is 8.88. The fourth-order valence-corrected chi connectivity index (χ4v) is 1.62. The van der Waals surface area contributed by atoms with Crippen LogP contribution in [0.2, 0.25) is 5.02 Å². The van der Waals surface area contributed by atoms with Crippen LogP contribution >= 0.6 is 11.6 Å². The highest BCUT2D eigenvalue weighted by Gasteiger charge is 2.15. The molecule has 0 spiro atoms. The van der Waals surface area contributed by atoms with Crippen molar-refractivity contribution in [2.45, 2.75) is 0 Å². The number of benzene rings is 2. The highest BCUT2D eigenvalue weighted by Crippen LogP contribution is 2.16. The van der Waals surface area contributed by atoms with Crippen LogP contribution in [0.3, 0.4) is 0 Å². The second-order valence-electron chi connectivity index (χ2n) is 3.46.